The fraction of sp³-hybridized carbons (Fsp3) is 0.889. The van der Waals surface area contributed by atoms with E-state index >= 15 is 0 Å². The Morgan fingerprint density at radius 2 is 0.828 bits per heavy atom. The Morgan fingerprint density at radius 1 is 0.552 bits per heavy atom. The fourth-order valence-electron chi connectivity index (χ4n) is 4.03. The van der Waals surface area contributed by atoms with Gasteiger partial charge in [-0.25, -0.2) is 0 Å². The summed E-state index contributed by atoms with van der Waals surface area (Å²) in [4.78, 5) is 11.2. The number of ether oxygens (including phenoxy) is 1. The van der Waals surface area contributed by atoms with Crippen LogP contribution in [0.15, 0.2) is 12.8 Å². The Labute approximate surface area is 183 Å². The zero-order valence-corrected chi connectivity index (χ0v) is 19.9. The van der Waals surface area contributed by atoms with Gasteiger partial charge < -0.3 is 4.74 Å². The van der Waals surface area contributed by atoms with Crippen LogP contribution in [0.2, 0.25) is 0 Å². The maximum atomic E-state index is 11.2. The summed E-state index contributed by atoms with van der Waals surface area (Å²) in [6, 6.07) is 0. The second-order valence-electron chi connectivity index (χ2n) is 8.83. The van der Waals surface area contributed by atoms with Crippen molar-refractivity contribution in [2.75, 3.05) is 0 Å². The Hall–Kier alpha value is -0.790. The Kier molecular flexibility index (Phi) is 24.6. The highest BCUT2D eigenvalue weighted by Gasteiger charge is 2.00. The molecular weight excluding hydrogens is 356 g/mol. The van der Waals surface area contributed by atoms with E-state index in [1.54, 1.807) is 0 Å². The lowest BCUT2D eigenvalue weighted by Crippen LogP contribution is -1.98. The molecule has 0 aliphatic heterocycles. The Bertz CT molecular complexity index is 337. The molecule has 29 heavy (non-hydrogen) atoms. The van der Waals surface area contributed by atoms with E-state index in [0.29, 0.717) is 6.42 Å². The van der Waals surface area contributed by atoms with Gasteiger partial charge in [-0.2, -0.15) is 0 Å². The SMILES string of the molecule is C=COC(=O)CCCCCCCCCCCCCCCCCCCCCCCC. The van der Waals surface area contributed by atoms with E-state index in [-0.39, 0.29) is 5.97 Å². The molecule has 0 radical (unpaired) electrons. The van der Waals surface area contributed by atoms with Crippen molar-refractivity contribution >= 4 is 5.97 Å². The zero-order chi connectivity index (χ0) is 21.3. The standard InChI is InChI=1S/C27H52O2/c1-3-5-6-7-8-9-10-11-12-13-14-15-16-17-18-19-20-21-22-23-24-25-26-27(28)29-4-2/h4H,2-3,5-26H2,1H3. The summed E-state index contributed by atoms with van der Waals surface area (Å²) in [5.41, 5.74) is 0. The van der Waals surface area contributed by atoms with Gasteiger partial charge in [0.25, 0.3) is 0 Å². The molecule has 0 unspecified atom stereocenters. The van der Waals surface area contributed by atoms with Gasteiger partial charge in [-0.1, -0.05) is 148 Å². The zero-order valence-electron chi connectivity index (χ0n) is 19.9. The van der Waals surface area contributed by atoms with Crippen molar-refractivity contribution in [3.05, 3.63) is 12.8 Å². The smallest absolute Gasteiger partial charge is 0.310 e. The van der Waals surface area contributed by atoms with Crippen LogP contribution in [0.5, 0.6) is 0 Å². The molecule has 0 bridgehead atoms. The number of carbonyl (C=O) groups excluding carboxylic acids is 1. The molecule has 2 heteroatoms. The number of esters is 1. The molecule has 0 heterocycles. The maximum absolute atomic E-state index is 11.2. The van der Waals surface area contributed by atoms with Crippen molar-refractivity contribution in [2.24, 2.45) is 0 Å². The molecule has 0 N–H and O–H groups in total. The number of rotatable bonds is 24. The van der Waals surface area contributed by atoms with E-state index in [4.69, 9.17) is 4.74 Å². The minimum absolute atomic E-state index is 0.145. The summed E-state index contributed by atoms with van der Waals surface area (Å²) in [5.74, 6) is -0.145. The van der Waals surface area contributed by atoms with Crippen LogP contribution in [0.3, 0.4) is 0 Å². The molecule has 0 saturated heterocycles. The summed E-state index contributed by atoms with van der Waals surface area (Å²) < 4.78 is 4.71. The van der Waals surface area contributed by atoms with Crippen LogP contribution in [0, 0.1) is 0 Å². The van der Waals surface area contributed by atoms with Gasteiger partial charge >= 0.3 is 5.97 Å². The molecule has 0 rings (SSSR count). The fourth-order valence-corrected chi connectivity index (χ4v) is 4.03. The van der Waals surface area contributed by atoms with Gasteiger partial charge in [0, 0.05) is 6.42 Å². The summed E-state index contributed by atoms with van der Waals surface area (Å²) in [7, 11) is 0. The van der Waals surface area contributed by atoms with Crippen LogP contribution < -0.4 is 0 Å². The van der Waals surface area contributed by atoms with Gasteiger partial charge in [-0.3, -0.25) is 4.79 Å². The highest BCUT2D eigenvalue weighted by atomic mass is 16.5. The van der Waals surface area contributed by atoms with Gasteiger partial charge in [0.1, 0.15) is 0 Å². The van der Waals surface area contributed by atoms with E-state index in [0.717, 1.165) is 12.8 Å². The number of carbonyl (C=O) groups is 1. The first-order valence-electron chi connectivity index (χ1n) is 13.1. The largest absolute Gasteiger partial charge is 0.435 e. The Balaban J connectivity index is 3.03. The lowest BCUT2D eigenvalue weighted by Gasteiger charge is -2.04. The normalized spacial score (nSPS) is 10.9. The molecule has 0 aromatic heterocycles. The van der Waals surface area contributed by atoms with E-state index in [1.165, 1.54) is 135 Å². The summed E-state index contributed by atoms with van der Waals surface area (Å²) >= 11 is 0. The Morgan fingerprint density at radius 3 is 1.10 bits per heavy atom. The van der Waals surface area contributed by atoms with Gasteiger partial charge in [-0.15, -0.1) is 0 Å². The molecule has 0 spiro atoms. The average molecular weight is 409 g/mol. The third-order valence-corrected chi connectivity index (χ3v) is 5.95. The van der Waals surface area contributed by atoms with Crippen molar-refractivity contribution in [1.82, 2.24) is 0 Å². The molecule has 0 aliphatic carbocycles. The van der Waals surface area contributed by atoms with Crippen molar-refractivity contribution < 1.29 is 9.53 Å². The molecule has 0 atom stereocenters. The second kappa shape index (κ2) is 25.2. The molecule has 0 fully saturated rings. The van der Waals surface area contributed by atoms with Gasteiger partial charge in [0.2, 0.25) is 0 Å². The maximum Gasteiger partial charge on any atom is 0.310 e. The first-order valence-corrected chi connectivity index (χ1v) is 13.1. The van der Waals surface area contributed by atoms with E-state index in [1.807, 2.05) is 0 Å². The molecule has 0 amide bonds. The lowest BCUT2D eigenvalue weighted by atomic mass is 10.0. The molecule has 0 aromatic rings. The topological polar surface area (TPSA) is 26.3 Å². The van der Waals surface area contributed by atoms with Crippen LogP contribution in [-0.4, -0.2) is 5.97 Å². The number of hydrogen-bond donors (Lipinski definition) is 0. The van der Waals surface area contributed by atoms with Crippen LogP contribution >= 0.6 is 0 Å². The molecule has 2 nitrogen and oxygen atoms in total. The summed E-state index contributed by atoms with van der Waals surface area (Å²) in [5, 5.41) is 0. The van der Waals surface area contributed by atoms with E-state index in [2.05, 4.69) is 13.5 Å². The lowest BCUT2D eigenvalue weighted by molar-refractivity contribution is -0.138. The van der Waals surface area contributed by atoms with Gasteiger partial charge in [-0.05, 0) is 6.42 Å². The van der Waals surface area contributed by atoms with Crippen molar-refractivity contribution in [3.8, 4) is 0 Å². The summed E-state index contributed by atoms with van der Waals surface area (Å²) in [6.45, 7) is 5.69. The number of hydrogen-bond acceptors (Lipinski definition) is 2. The summed E-state index contributed by atoms with van der Waals surface area (Å²) in [6.07, 6.45) is 32.3. The first-order chi connectivity index (χ1) is 14.3. The van der Waals surface area contributed by atoms with Crippen LogP contribution in [0.4, 0.5) is 0 Å². The van der Waals surface area contributed by atoms with E-state index < -0.39 is 0 Å². The minimum atomic E-state index is -0.145. The van der Waals surface area contributed by atoms with Gasteiger partial charge in [0.15, 0.2) is 0 Å². The minimum Gasteiger partial charge on any atom is -0.435 e. The molecule has 0 saturated carbocycles. The third-order valence-electron chi connectivity index (χ3n) is 5.95. The molecule has 0 aliphatic rings. The molecule has 0 aromatic carbocycles. The van der Waals surface area contributed by atoms with E-state index in [9.17, 15) is 4.79 Å². The first kappa shape index (κ1) is 28.2. The van der Waals surface area contributed by atoms with Crippen molar-refractivity contribution in [1.29, 1.82) is 0 Å². The monoisotopic (exact) mass is 408 g/mol. The van der Waals surface area contributed by atoms with Crippen molar-refractivity contribution in [3.63, 3.8) is 0 Å². The quantitative estimate of drug-likeness (QED) is 0.0902. The highest BCUT2D eigenvalue weighted by molar-refractivity contribution is 5.69. The van der Waals surface area contributed by atoms with Crippen molar-refractivity contribution in [2.45, 2.75) is 155 Å². The third kappa shape index (κ3) is 25.2. The second-order valence-corrected chi connectivity index (χ2v) is 8.83. The van der Waals surface area contributed by atoms with Gasteiger partial charge in [0.05, 0.1) is 6.26 Å². The van der Waals surface area contributed by atoms with Crippen LogP contribution in [0.1, 0.15) is 155 Å². The number of unbranched alkanes of at least 4 members (excludes halogenated alkanes) is 21. The molecule has 172 valence electrons. The predicted octanol–water partition coefficient (Wildman–Crippen LogP) is 9.67. The highest BCUT2D eigenvalue weighted by Crippen LogP contribution is 2.15. The molecular formula is C27H52O2. The van der Waals surface area contributed by atoms with Crippen LogP contribution in [0.25, 0.3) is 0 Å². The van der Waals surface area contributed by atoms with Crippen LogP contribution in [-0.2, 0) is 9.53 Å². The average Bonchev–Trinajstić information content (AvgIpc) is 2.72. The predicted molar refractivity (Wildman–Crippen MR) is 128 cm³/mol.